The van der Waals surface area contributed by atoms with E-state index in [-0.39, 0.29) is 0 Å². The summed E-state index contributed by atoms with van der Waals surface area (Å²) in [5, 5.41) is 16.0. The van der Waals surface area contributed by atoms with Crippen LogP contribution in [-0.2, 0) is 0 Å². The van der Waals surface area contributed by atoms with Crippen molar-refractivity contribution in [3.63, 3.8) is 0 Å². The van der Waals surface area contributed by atoms with Crippen LogP contribution in [0.1, 0.15) is 6.42 Å². The van der Waals surface area contributed by atoms with Crippen LogP contribution in [0, 0.1) is 11.3 Å². The minimum absolute atomic E-state index is 0.427. The Morgan fingerprint density at radius 3 is 2.67 bits per heavy atom. The van der Waals surface area contributed by atoms with E-state index in [4.69, 9.17) is 5.26 Å². The number of azo groups is 1. The van der Waals surface area contributed by atoms with E-state index in [0.717, 1.165) is 5.69 Å². The average Bonchev–Trinajstić information content (AvgIpc) is 2.14. The predicted molar refractivity (Wildman–Crippen MR) is 46.1 cm³/mol. The van der Waals surface area contributed by atoms with E-state index >= 15 is 0 Å². The van der Waals surface area contributed by atoms with Crippen LogP contribution in [0.3, 0.4) is 0 Å². The zero-order valence-electron chi connectivity index (χ0n) is 6.64. The zero-order valence-corrected chi connectivity index (χ0v) is 6.64. The molecule has 60 valence electrons. The molecule has 0 fully saturated rings. The van der Waals surface area contributed by atoms with Crippen LogP contribution in [0.25, 0.3) is 0 Å². The summed E-state index contributed by atoms with van der Waals surface area (Å²) in [6.07, 6.45) is 0.427. The Morgan fingerprint density at radius 1 is 1.25 bits per heavy atom. The summed E-state index contributed by atoms with van der Waals surface area (Å²) in [6.45, 7) is 0.478. The summed E-state index contributed by atoms with van der Waals surface area (Å²) < 4.78 is 0. The Hall–Kier alpha value is -1.69. The van der Waals surface area contributed by atoms with E-state index in [2.05, 4.69) is 10.2 Å². The summed E-state index contributed by atoms with van der Waals surface area (Å²) in [5.74, 6) is 0. The van der Waals surface area contributed by atoms with Gasteiger partial charge in [-0.25, -0.2) is 0 Å². The van der Waals surface area contributed by atoms with Crippen LogP contribution in [0.5, 0.6) is 0 Å². The van der Waals surface area contributed by atoms with Crippen molar-refractivity contribution in [3.05, 3.63) is 30.3 Å². The molecule has 1 rings (SSSR count). The van der Waals surface area contributed by atoms with Crippen molar-refractivity contribution in [3.8, 4) is 6.07 Å². The molecule has 0 amide bonds. The van der Waals surface area contributed by atoms with Gasteiger partial charge in [0.15, 0.2) is 0 Å². The van der Waals surface area contributed by atoms with Gasteiger partial charge in [0.05, 0.1) is 24.7 Å². The van der Waals surface area contributed by atoms with Gasteiger partial charge < -0.3 is 0 Å². The summed E-state index contributed by atoms with van der Waals surface area (Å²) >= 11 is 0. The standard InChI is InChI=1S/C9H9N3/c10-7-4-8-11-12-9-5-2-1-3-6-9/h1-3,5-6H,4,8H2. The quantitative estimate of drug-likeness (QED) is 0.494. The molecule has 0 heterocycles. The van der Waals surface area contributed by atoms with Crippen LogP contribution in [0.2, 0.25) is 0 Å². The van der Waals surface area contributed by atoms with Crippen molar-refractivity contribution >= 4 is 5.69 Å². The molecule has 1 aromatic rings. The van der Waals surface area contributed by atoms with Crippen LogP contribution in [0.15, 0.2) is 40.6 Å². The molecule has 0 atom stereocenters. The molecule has 0 N–H and O–H groups in total. The average molecular weight is 159 g/mol. The van der Waals surface area contributed by atoms with E-state index in [1.54, 1.807) is 0 Å². The minimum atomic E-state index is 0.427. The first-order chi connectivity index (χ1) is 5.93. The molecule has 0 bridgehead atoms. The molecule has 0 saturated carbocycles. The van der Waals surface area contributed by atoms with Crippen LogP contribution in [0.4, 0.5) is 5.69 Å². The summed E-state index contributed by atoms with van der Waals surface area (Å²) in [7, 11) is 0. The molecular weight excluding hydrogens is 150 g/mol. The Bertz CT molecular complexity index is 284. The number of hydrogen-bond acceptors (Lipinski definition) is 3. The first kappa shape index (κ1) is 8.41. The number of nitriles is 1. The molecule has 3 heteroatoms. The molecule has 0 aliphatic carbocycles. The monoisotopic (exact) mass is 159 g/mol. The third kappa shape index (κ3) is 2.93. The molecule has 0 radical (unpaired) electrons. The van der Waals surface area contributed by atoms with E-state index in [1.807, 2.05) is 36.4 Å². The second-order valence-corrected chi connectivity index (χ2v) is 2.21. The summed E-state index contributed by atoms with van der Waals surface area (Å²) in [4.78, 5) is 0. The van der Waals surface area contributed by atoms with Crippen molar-refractivity contribution in [1.82, 2.24) is 0 Å². The fourth-order valence-electron chi connectivity index (χ4n) is 0.726. The van der Waals surface area contributed by atoms with Gasteiger partial charge in [-0.1, -0.05) is 18.2 Å². The highest BCUT2D eigenvalue weighted by Gasteiger charge is 1.83. The van der Waals surface area contributed by atoms with Crippen molar-refractivity contribution in [2.24, 2.45) is 10.2 Å². The zero-order chi connectivity index (χ0) is 8.65. The smallest absolute Gasteiger partial charge is 0.0852 e. The van der Waals surface area contributed by atoms with Gasteiger partial charge in [0, 0.05) is 0 Å². The third-order valence-electron chi connectivity index (χ3n) is 1.27. The van der Waals surface area contributed by atoms with Crippen LogP contribution in [-0.4, -0.2) is 6.54 Å². The fourth-order valence-corrected chi connectivity index (χ4v) is 0.726. The number of benzene rings is 1. The summed E-state index contributed by atoms with van der Waals surface area (Å²) in [6, 6.07) is 11.5. The van der Waals surface area contributed by atoms with E-state index < -0.39 is 0 Å². The molecule has 0 aliphatic heterocycles. The molecule has 0 saturated heterocycles. The summed E-state index contributed by atoms with van der Waals surface area (Å²) in [5.41, 5.74) is 0.829. The number of nitrogens with zero attached hydrogens (tertiary/aromatic N) is 3. The van der Waals surface area contributed by atoms with Gasteiger partial charge in [0.2, 0.25) is 0 Å². The lowest BCUT2D eigenvalue weighted by Gasteiger charge is -1.88. The van der Waals surface area contributed by atoms with Crippen molar-refractivity contribution < 1.29 is 0 Å². The normalized spacial score (nSPS) is 9.92. The lowest BCUT2D eigenvalue weighted by atomic mass is 10.3. The highest BCUT2D eigenvalue weighted by molar-refractivity contribution is 5.34. The molecule has 12 heavy (non-hydrogen) atoms. The second-order valence-electron chi connectivity index (χ2n) is 2.21. The van der Waals surface area contributed by atoms with Gasteiger partial charge in [0.1, 0.15) is 0 Å². The highest BCUT2D eigenvalue weighted by atomic mass is 15.1. The topological polar surface area (TPSA) is 48.5 Å². The second kappa shape index (κ2) is 5.03. The van der Waals surface area contributed by atoms with E-state index in [1.165, 1.54) is 0 Å². The van der Waals surface area contributed by atoms with Crippen LogP contribution < -0.4 is 0 Å². The molecule has 0 spiro atoms. The van der Waals surface area contributed by atoms with Crippen molar-refractivity contribution in [1.29, 1.82) is 5.26 Å². The van der Waals surface area contributed by atoms with Gasteiger partial charge in [-0.2, -0.15) is 15.5 Å². The molecule has 0 unspecified atom stereocenters. The predicted octanol–water partition coefficient (Wildman–Crippen LogP) is 2.68. The largest absolute Gasteiger partial charge is 0.198 e. The first-order valence-electron chi connectivity index (χ1n) is 3.73. The minimum Gasteiger partial charge on any atom is -0.198 e. The molecule has 0 aromatic heterocycles. The van der Waals surface area contributed by atoms with Gasteiger partial charge in [-0.15, -0.1) is 0 Å². The molecule has 0 aliphatic rings. The maximum atomic E-state index is 8.21. The highest BCUT2D eigenvalue weighted by Crippen LogP contribution is 2.09. The SMILES string of the molecule is N#CCCN=Nc1ccccc1. The first-order valence-corrected chi connectivity index (χ1v) is 3.73. The Balaban J connectivity index is 2.43. The number of hydrogen-bond donors (Lipinski definition) is 0. The van der Waals surface area contributed by atoms with E-state index in [0.29, 0.717) is 13.0 Å². The fraction of sp³-hybridized carbons (Fsp3) is 0.222. The molecule has 1 aromatic carbocycles. The van der Waals surface area contributed by atoms with E-state index in [9.17, 15) is 0 Å². The van der Waals surface area contributed by atoms with Gasteiger partial charge in [-0.3, -0.25) is 0 Å². The Labute approximate surface area is 71.4 Å². The molecule has 3 nitrogen and oxygen atoms in total. The van der Waals surface area contributed by atoms with Gasteiger partial charge >= 0.3 is 0 Å². The molecular formula is C9H9N3. The Morgan fingerprint density at radius 2 is 2.00 bits per heavy atom. The third-order valence-corrected chi connectivity index (χ3v) is 1.27. The van der Waals surface area contributed by atoms with Crippen molar-refractivity contribution in [2.45, 2.75) is 6.42 Å². The van der Waals surface area contributed by atoms with Crippen molar-refractivity contribution in [2.75, 3.05) is 6.54 Å². The van der Waals surface area contributed by atoms with Gasteiger partial charge in [-0.05, 0) is 12.1 Å². The lowest BCUT2D eigenvalue weighted by Crippen LogP contribution is -1.72. The van der Waals surface area contributed by atoms with Gasteiger partial charge in [0.25, 0.3) is 0 Å². The maximum Gasteiger partial charge on any atom is 0.0852 e. The Kier molecular flexibility index (Phi) is 3.52. The lowest BCUT2D eigenvalue weighted by molar-refractivity contribution is 0.935. The maximum absolute atomic E-state index is 8.21. The number of rotatable bonds is 3. The van der Waals surface area contributed by atoms with Crippen LogP contribution >= 0.6 is 0 Å².